The molecule has 1 aromatic carbocycles. The Hall–Kier alpha value is -2.46. The van der Waals surface area contributed by atoms with Crippen molar-refractivity contribution in [3.05, 3.63) is 17.7 Å². The minimum atomic E-state index is -0.429. The van der Waals surface area contributed by atoms with Crippen LogP contribution in [0.5, 0.6) is 17.2 Å². The van der Waals surface area contributed by atoms with Crippen molar-refractivity contribution in [1.29, 1.82) is 5.26 Å². The van der Waals surface area contributed by atoms with Gasteiger partial charge in [0.15, 0.2) is 18.1 Å². The number of nitrogens with one attached hydrogen (secondary N) is 1. The molecule has 0 fully saturated rings. The van der Waals surface area contributed by atoms with Gasteiger partial charge in [-0.25, -0.2) is 0 Å². The molecule has 2 N–H and O–H groups in total. The number of ether oxygens (including phenoxy) is 3. The molecule has 0 heterocycles. The Kier molecular flexibility index (Phi) is 6.13. The molecule has 1 rings (SSSR count). The van der Waals surface area contributed by atoms with Crippen molar-refractivity contribution < 1.29 is 24.1 Å². The van der Waals surface area contributed by atoms with E-state index in [0.29, 0.717) is 17.1 Å². The molecule has 0 aliphatic heterocycles. The molecule has 0 spiro atoms. The normalized spacial score (nSPS) is 9.50. The van der Waals surface area contributed by atoms with E-state index in [1.165, 1.54) is 14.2 Å². The SMILES string of the molecule is COc1cc(CO)cc(OC)c1OCC(=O)NCC#N. The number of carbonyl (C=O) groups is 1. The van der Waals surface area contributed by atoms with Gasteiger partial charge in [-0.2, -0.15) is 5.26 Å². The lowest BCUT2D eigenvalue weighted by Crippen LogP contribution is -2.29. The van der Waals surface area contributed by atoms with Crippen molar-refractivity contribution >= 4 is 5.91 Å². The summed E-state index contributed by atoms with van der Waals surface area (Å²) in [5, 5.41) is 19.8. The highest BCUT2D eigenvalue weighted by molar-refractivity contribution is 5.78. The maximum atomic E-state index is 11.4. The van der Waals surface area contributed by atoms with Gasteiger partial charge < -0.3 is 24.6 Å². The molecular formula is C13H16N2O5. The monoisotopic (exact) mass is 280 g/mol. The van der Waals surface area contributed by atoms with Crippen molar-refractivity contribution in [2.75, 3.05) is 27.4 Å². The second kappa shape index (κ2) is 7.86. The van der Waals surface area contributed by atoms with Crippen molar-refractivity contribution in [1.82, 2.24) is 5.32 Å². The number of carbonyl (C=O) groups excluding carboxylic acids is 1. The Bertz CT molecular complexity index is 485. The first kappa shape index (κ1) is 15.6. The second-order valence-corrected chi connectivity index (χ2v) is 3.71. The summed E-state index contributed by atoms with van der Waals surface area (Å²) in [6.07, 6.45) is 0. The van der Waals surface area contributed by atoms with Crippen LogP contribution in [0.2, 0.25) is 0 Å². The van der Waals surface area contributed by atoms with Crippen molar-refractivity contribution in [3.8, 4) is 23.3 Å². The zero-order valence-electron chi connectivity index (χ0n) is 11.3. The van der Waals surface area contributed by atoms with Crippen LogP contribution in [0.15, 0.2) is 12.1 Å². The summed E-state index contributed by atoms with van der Waals surface area (Å²) in [6, 6.07) is 4.97. The molecule has 0 saturated carbocycles. The molecule has 0 saturated heterocycles. The highest BCUT2D eigenvalue weighted by atomic mass is 16.5. The third kappa shape index (κ3) is 4.03. The smallest absolute Gasteiger partial charge is 0.258 e. The Labute approximate surface area is 116 Å². The fraction of sp³-hybridized carbons (Fsp3) is 0.385. The number of methoxy groups -OCH3 is 2. The minimum Gasteiger partial charge on any atom is -0.493 e. The summed E-state index contributed by atoms with van der Waals surface area (Å²) < 4.78 is 15.6. The molecule has 0 atom stereocenters. The zero-order chi connectivity index (χ0) is 15.0. The van der Waals surface area contributed by atoms with Crippen LogP contribution in [-0.2, 0) is 11.4 Å². The van der Waals surface area contributed by atoms with Gasteiger partial charge in [0.1, 0.15) is 6.54 Å². The van der Waals surface area contributed by atoms with Gasteiger partial charge in [0, 0.05) is 0 Å². The van der Waals surface area contributed by atoms with Gasteiger partial charge in [-0.3, -0.25) is 4.79 Å². The largest absolute Gasteiger partial charge is 0.493 e. The number of nitrogens with zero attached hydrogens (tertiary/aromatic N) is 1. The molecule has 0 aromatic heterocycles. The van der Waals surface area contributed by atoms with Gasteiger partial charge in [0.2, 0.25) is 5.75 Å². The van der Waals surface area contributed by atoms with E-state index in [4.69, 9.17) is 24.6 Å². The molecule has 0 bridgehead atoms. The van der Waals surface area contributed by atoms with Crippen LogP contribution < -0.4 is 19.5 Å². The fourth-order valence-electron chi connectivity index (χ4n) is 1.49. The summed E-state index contributed by atoms with van der Waals surface area (Å²) >= 11 is 0. The molecule has 0 radical (unpaired) electrons. The van der Waals surface area contributed by atoms with Gasteiger partial charge in [-0.1, -0.05) is 0 Å². The number of rotatable bonds is 7. The number of hydrogen-bond donors (Lipinski definition) is 2. The molecule has 0 aliphatic carbocycles. The van der Waals surface area contributed by atoms with E-state index < -0.39 is 5.91 Å². The first-order valence-corrected chi connectivity index (χ1v) is 5.78. The van der Waals surface area contributed by atoms with Gasteiger partial charge in [-0.05, 0) is 17.7 Å². The van der Waals surface area contributed by atoms with Crippen LogP contribution in [-0.4, -0.2) is 38.4 Å². The van der Waals surface area contributed by atoms with Crippen LogP contribution in [0.4, 0.5) is 0 Å². The van der Waals surface area contributed by atoms with Crippen LogP contribution >= 0.6 is 0 Å². The van der Waals surface area contributed by atoms with Crippen LogP contribution in [0.3, 0.4) is 0 Å². The number of aliphatic hydroxyl groups is 1. The summed E-state index contributed by atoms with van der Waals surface area (Å²) in [5.74, 6) is 0.532. The second-order valence-electron chi connectivity index (χ2n) is 3.71. The third-order valence-corrected chi connectivity index (χ3v) is 2.42. The lowest BCUT2D eigenvalue weighted by Gasteiger charge is -2.15. The predicted molar refractivity (Wildman–Crippen MR) is 69.6 cm³/mol. The van der Waals surface area contributed by atoms with Gasteiger partial charge in [0.25, 0.3) is 5.91 Å². The van der Waals surface area contributed by atoms with E-state index in [1.807, 2.05) is 0 Å². The maximum Gasteiger partial charge on any atom is 0.258 e. The van der Waals surface area contributed by atoms with E-state index in [-0.39, 0.29) is 25.5 Å². The van der Waals surface area contributed by atoms with Crippen LogP contribution in [0.1, 0.15) is 5.56 Å². The topological polar surface area (TPSA) is 101 Å². The Morgan fingerprint density at radius 1 is 1.35 bits per heavy atom. The minimum absolute atomic E-state index is 0.0834. The third-order valence-electron chi connectivity index (χ3n) is 2.42. The Balaban J connectivity index is 2.87. The lowest BCUT2D eigenvalue weighted by molar-refractivity contribution is -0.122. The lowest BCUT2D eigenvalue weighted by atomic mass is 10.2. The van der Waals surface area contributed by atoms with E-state index in [2.05, 4.69) is 5.32 Å². The molecule has 7 heteroatoms. The highest BCUT2D eigenvalue weighted by Gasteiger charge is 2.15. The first-order chi connectivity index (χ1) is 9.65. The van der Waals surface area contributed by atoms with Crippen molar-refractivity contribution in [3.63, 3.8) is 0 Å². The van der Waals surface area contributed by atoms with Crippen molar-refractivity contribution in [2.24, 2.45) is 0 Å². The number of hydrogen-bond acceptors (Lipinski definition) is 6. The van der Waals surface area contributed by atoms with Crippen LogP contribution in [0, 0.1) is 11.3 Å². The molecule has 1 aromatic rings. The predicted octanol–water partition coefficient (Wildman–Crippen LogP) is 0.215. The quantitative estimate of drug-likeness (QED) is 0.693. The number of nitriles is 1. The Morgan fingerprint density at radius 3 is 2.40 bits per heavy atom. The maximum absolute atomic E-state index is 11.4. The average Bonchev–Trinajstić information content (AvgIpc) is 2.49. The first-order valence-electron chi connectivity index (χ1n) is 5.78. The summed E-state index contributed by atoms with van der Waals surface area (Å²) in [5.41, 5.74) is 0.597. The summed E-state index contributed by atoms with van der Waals surface area (Å²) in [7, 11) is 2.89. The van der Waals surface area contributed by atoms with Gasteiger partial charge in [-0.15, -0.1) is 0 Å². The number of amides is 1. The molecule has 108 valence electrons. The molecule has 0 unspecified atom stereocenters. The molecule has 1 amide bonds. The van der Waals surface area contributed by atoms with E-state index >= 15 is 0 Å². The van der Waals surface area contributed by atoms with Crippen molar-refractivity contribution in [2.45, 2.75) is 6.61 Å². The van der Waals surface area contributed by atoms with E-state index in [1.54, 1.807) is 18.2 Å². The fourth-order valence-corrected chi connectivity index (χ4v) is 1.49. The molecule has 7 nitrogen and oxygen atoms in total. The van der Waals surface area contributed by atoms with E-state index in [0.717, 1.165) is 0 Å². The molecule has 20 heavy (non-hydrogen) atoms. The zero-order valence-corrected chi connectivity index (χ0v) is 11.3. The number of aliphatic hydroxyl groups excluding tert-OH is 1. The standard InChI is InChI=1S/C13H16N2O5/c1-18-10-5-9(7-16)6-11(19-2)13(10)20-8-12(17)15-4-3-14/h5-6,16H,4,7-8H2,1-2H3,(H,15,17). The summed E-state index contributed by atoms with van der Waals surface area (Å²) in [6.45, 7) is -0.525. The average molecular weight is 280 g/mol. The highest BCUT2D eigenvalue weighted by Crippen LogP contribution is 2.38. The summed E-state index contributed by atoms with van der Waals surface area (Å²) in [4.78, 5) is 11.4. The Morgan fingerprint density at radius 2 is 1.95 bits per heavy atom. The van der Waals surface area contributed by atoms with Gasteiger partial charge >= 0.3 is 0 Å². The van der Waals surface area contributed by atoms with Crippen LogP contribution in [0.25, 0.3) is 0 Å². The van der Waals surface area contributed by atoms with Gasteiger partial charge in [0.05, 0.1) is 26.9 Å². The molecular weight excluding hydrogens is 264 g/mol. The van der Waals surface area contributed by atoms with E-state index in [9.17, 15) is 4.79 Å². The molecule has 0 aliphatic rings. The number of benzene rings is 1.